The highest BCUT2D eigenvalue weighted by Crippen LogP contribution is 2.30. The average molecular weight is 265 g/mol. The molecule has 0 aliphatic carbocycles. The topological polar surface area (TPSA) is 47.0 Å². The van der Waals surface area contributed by atoms with Gasteiger partial charge in [0.1, 0.15) is 11.5 Å². The monoisotopic (exact) mass is 265 g/mol. The van der Waals surface area contributed by atoms with Gasteiger partial charge in [-0.2, -0.15) is 0 Å². The zero-order valence-electron chi connectivity index (χ0n) is 11.2. The van der Waals surface area contributed by atoms with Gasteiger partial charge in [0.2, 0.25) is 0 Å². The van der Waals surface area contributed by atoms with Crippen molar-refractivity contribution in [2.24, 2.45) is 0 Å². The second-order valence-electron chi connectivity index (χ2n) is 4.44. The van der Waals surface area contributed by atoms with Gasteiger partial charge in [-0.3, -0.25) is 9.97 Å². The highest BCUT2D eigenvalue weighted by atomic mass is 16.5. The first-order valence-electron chi connectivity index (χ1n) is 6.47. The first kappa shape index (κ1) is 12.6. The highest BCUT2D eigenvalue weighted by molar-refractivity contribution is 5.85. The van der Waals surface area contributed by atoms with Crippen molar-refractivity contribution in [2.75, 3.05) is 7.05 Å². The van der Waals surface area contributed by atoms with Crippen LogP contribution in [0.3, 0.4) is 0 Å². The molecule has 0 unspecified atom stereocenters. The van der Waals surface area contributed by atoms with Crippen LogP contribution in [0.4, 0.5) is 0 Å². The van der Waals surface area contributed by atoms with Crippen LogP contribution < -0.4 is 10.1 Å². The van der Waals surface area contributed by atoms with Crippen molar-refractivity contribution in [1.82, 2.24) is 15.3 Å². The SMILES string of the molecule is CNCc1ccncc1Oc1cccc2ncccc12. The number of nitrogens with zero attached hydrogens (tertiary/aromatic N) is 2. The van der Waals surface area contributed by atoms with E-state index in [1.54, 1.807) is 18.6 Å². The summed E-state index contributed by atoms with van der Waals surface area (Å²) in [6.45, 7) is 0.737. The molecule has 0 saturated heterocycles. The molecule has 0 atom stereocenters. The van der Waals surface area contributed by atoms with Gasteiger partial charge in [0, 0.05) is 29.9 Å². The van der Waals surface area contributed by atoms with Gasteiger partial charge in [0.25, 0.3) is 0 Å². The van der Waals surface area contributed by atoms with Gasteiger partial charge in [-0.25, -0.2) is 0 Å². The summed E-state index contributed by atoms with van der Waals surface area (Å²) in [4.78, 5) is 8.47. The van der Waals surface area contributed by atoms with Crippen molar-refractivity contribution in [3.8, 4) is 11.5 Å². The molecule has 0 bridgehead atoms. The Morgan fingerprint density at radius 3 is 2.90 bits per heavy atom. The van der Waals surface area contributed by atoms with Crippen LogP contribution >= 0.6 is 0 Å². The lowest BCUT2D eigenvalue weighted by Crippen LogP contribution is -2.06. The summed E-state index contributed by atoms with van der Waals surface area (Å²) >= 11 is 0. The minimum absolute atomic E-state index is 0.737. The first-order chi connectivity index (χ1) is 9.88. The highest BCUT2D eigenvalue weighted by Gasteiger charge is 2.07. The summed E-state index contributed by atoms with van der Waals surface area (Å²) in [6, 6.07) is 11.7. The normalized spacial score (nSPS) is 10.7. The maximum absolute atomic E-state index is 6.03. The lowest BCUT2D eigenvalue weighted by molar-refractivity contribution is 0.477. The Bertz CT molecular complexity index is 722. The maximum Gasteiger partial charge on any atom is 0.150 e. The number of ether oxygens (including phenoxy) is 1. The van der Waals surface area contributed by atoms with Crippen molar-refractivity contribution < 1.29 is 4.74 Å². The maximum atomic E-state index is 6.03. The van der Waals surface area contributed by atoms with Crippen LogP contribution in [0.1, 0.15) is 5.56 Å². The fraction of sp³-hybridized carbons (Fsp3) is 0.125. The lowest BCUT2D eigenvalue weighted by atomic mass is 10.2. The van der Waals surface area contributed by atoms with E-state index >= 15 is 0 Å². The molecule has 3 rings (SSSR count). The third kappa shape index (κ3) is 2.46. The van der Waals surface area contributed by atoms with Crippen LogP contribution in [-0.4, -0.2) is 17.0 Å². The number of aromatic nitrogens is 2. The molecule has 0 spiro atoms. The molecule has 100 valence electrons. The molecule has 0 amide bonds. The number of benzene rings is 1. The van der Waals surface area contributed by atoms with Crippen LogP contribution in [0, 0.1) is 0 Å². The van der Waals surface area contributed by atoms with Crippen LogP contribution in [-0.2, 0) is 6.54 Å². The number of nitrogens with one attached hydrogen (secondary N) is 1. The third-order valence-corrected chi connectivity index (χ3v) is 3.06. The van der Waals surface area contributed by atoms with E-state index in [0.717, 1.165) is 34.5 Å². The molecule has 0 saturated carbocycles. The van der Waals surface area contributed by atoms with Gasteiger partial charge >= 0.3 is 0 Å². The summed E-state index contributed by atoms with van der Waals surface area (Å²) in [5.41, 5.74) is 1.99. The molecule has 0 fully saturated rings. The average Bonchev–Trinajstić information content (AvgIpc) is 2.50. The summed E-state index contributed by atoms with van der Waals surface area (Å²) in [6.07, 6.45) is 5.29. The van der Waals surface area contributed by atoms with Crippen LogP contribution in [0.5, 0.6) is 11.5 Å². The third-order valence-electron chi connectivity index (χ3n) is 3.06. The Kier molecular flexibility index (Phi) is 3.56. The molecule has 3 aromatic rings. The molecule has 0 aliphatic heterocycles. The molecule has 2 aromatic heterocycles. The van der Waals surface area contributed by atoms with Crippen molar-refractivity contribution in [3.05, 3.63) is 60.6 Å². The van der Waals surface area contributed by atoms with E-state index in [-0.39, 0.29) is 0 Å². The Labute approximate surface area is 117 Å². The Morgan fingerprint density at radius 1 is 1.05 bits per heavy atom. The van der Waals surface area contributed by atoms with Gasteiger partial charge in [-0.15, -0.1) is 0 Å². The molecule has 4 nitrogen and oxygen atoms in total. The molecule has 20 heavy (non-hydrogen) atoms. The van der Waals surface area contributed by atoms with Crippen molar-refractivity contribution in [2.45, 2.75) is 6.54 Å². The summed E-state index contributed by atoms with van der Waals surface area (Å²) in [5.74, 6) is 1.55. The smallest absolute Gasteiger partial charge is 0.150 e. The zero-order valence-corrected chi connectivity index (χ0v) is 11.2. The zero-order chi connectivity index (χ0) is 13.8. The number of pyridine rings is 2. The number of fused-ring (bicyclic) bond motifs is 1. The summed E-state index contributed by atoms with van der Waals surface area (Å²) < 4.78 is 6.03. The predicted molar refractivity (Wildman–Crippen MR) is 78.8 cm³/mol. The van der Waals surface area contributed by atoms with Crippen molar-refractivity contribution >= 4 is 10.9 Å². The molecular formula is C16H15N3O. The second-order valence-corrected chi connectivity index (χ2v) is 4.44. The van der Waals surface area contributed by atoms with Crippen molar-refractivity contribution in [3.63, 3.8) is 0 Å². The van der Waals surface area contributed by atoms with Gasteiger partial charge in [0.05, 0.1) is 11.7 Å². The van der Waals surface area contributed by atoms with E-state index in [9.17, 15) is 0 Å². The summed E-state index contributed by atoms with van der Waals surface area (Å²) in [5, 5.41) is 4.12. The van der Waals surface area contributed by atoms with Gasteiger partial charge in [0.15, 0.2) is 0 Å². The minimum Gasteiger partial charge on any atom is -0.455 e. The van der Waals surface area contributed by atoms with Crippen LogP contribution in [0.15, 0.2) is 55.0 Å². The van der Waals surface area contributed by atoms with Gasteiger partial charge in [-0.05, 0) is 37.4 Å². The predicted octanol–water partition coefficient (Wildman–Crippen LogP) is 3.14. The standard InChI is InChI=1S/C16H15N3O/c1-17-10-12-7-9-18-11-16(12)20-15-6-2-5-14-13(15)4-3-8-19-14/h2-9,11,17H,10H2,1H3. The number of rotatable bonds is 4. The van der Waals surface area contributed by atoms with Crippen LogP contribution in [0.2, 0.25) is 0 Å². The first-order valence-corrected chi connectivity index (χ1v) is 6.47. The molecule has 0 radical (unpaired) electrons. The Balaban J connectivity index is 2.01. The van der Waals surface area contributed by atoms with Gasteiger partial charge < -0.3 is 10.1 Å². The minimum atomic E-state index is 0.737. The van der Waals surface area contributed by atoms with E-state index in [2.05, 4.69) is 15.3 Å². The molecule has 2 heterocycles. The molecule has 1 N–H and O–H groups in total. The largest absolute Gasteiger partial charge is 0.455 e. The van der Waals surface area contributed by atoms with E-state index < -0.39 is 0 Å². The Hall–Kier alpha value is -2.46. The van der Waals surface area contributed by atoms with E-state index in [1.807, 2.05) is 43.4 Å². The second kappa shape index (κ2) is 5.67. The number of hydrogen-bond donors (Lipinski definition) is 1. The van der Waals surface area contributed by atoms with E-state index in [4.69, 9.17) is 4.74 Å². The molecule has 4 heteroatoms. The molecule has 0 aliphatic rings. The lowest BCUT2D eigenvalue weighted by Gasteiger charge is -2.11. The van der Waals surface area contributed by atoms with Crippen molar-refractivity contribution in [1.29, 1.82) is 0 Å². The van der Waals surface area contributed by atoms with E-state index in [1.165, 1.54) is 0 Å². The van der Waals surface area contributed by atoms with Gasteiger partial charge in [-0.1, -0.05) is 6.07 Å². The fourth-order valence-electron chi connectivity index (χ4n) is 2.12. The fourth-order valence-corrected chi connectivity index (χ4v) is 2.12. The number of hydrogen-bond acceptors (Lipinski definition) is 4. The quantitative estimate of drug-likeness (QED) is 0.787. The Morgan fingerprint density at radius 2 is 2.00 bits per heavy atom. The van der Waals surface area contributed by atoms with E-state index in [0.29, 0.717) is 0 Å². The molecule has 1 aromatic carbocycles. The molecular weight excluding hydrogens is 250 g/mol. The summed E-state index contributed by atoms with van der Waals surface area (Å²) in [7, 11) is 1.91. The van der Waals surface area contributed by atoms with Crippen LogP contribution in [0.25, 0.3) is 10.9 Å².